The summed E-state index contributed by atoms with van der Waals surface area (Å²) >= 11 is 0. The number of unbranched alkanes of at least 4 members (excludes halogenated alkanes) is 5. The van der Waals surface area contributed by atoms with Gasteiger partial charge in [0.1, 0.15) is 6.10 Å². The molecule has 1 heterocycles. The van der Waals surface area contributed by atoms with Crippen molar-refractivity contribution >= 4 is 0 Å². The lowest BCUT2D eigenvalue weighted by atomic mass is 9.84. The molecule has 1 saturated heterocycles. The molecule has 2 aliphatic rings. The average molecular weight is 322 g/mol. The van der Waals surface area contributed by atoms with Crippen LogP contribution in [-0.4, -0.2) is 18.7 Å². The molecule has 1 fully saturated rings. The molecule has 1 aliphatic carbocycles. The Balaban J connectivity index is 1.82. The lowest BCUT2D eigenvalue weighted by Crippen LogP contribution is -2.35. The van der Waals surface area contributed by atoms with Gasteiger partial charge in [0.15, 0.2) is 0 Å². The van der Waals surface area contributed by atoms with Gasteiger partial charge in [-0.05, 0) is 50.1 Å². The lowest BCUT2D eigenvalue weighted by molar-refractivity contribution is 0.00166. The molecule has 0 bridgehead atoms. The van der Waals surface area contributed by atoms with Crippen molar-refractivity contribution in [2.45, 2.75) is 104 Å². The quantitative estimate of drug-likeness (QED) is 0.540. The molecule has 0 aromatic heterocycles. The van der Waals surface area contributed by atoms with Crippen LogP contribution in [0.1, 0.15) is 91.9 Å². The van der Waals surface area contributed by atoms with Crippen LogP contribution in [0.5, 0.6) is 0 Å². The van der Waals surface area contributed by atoms with Crippen molar-refractivity contribution < 1.29 is 4.74 Å². The smallest absolute Gasteiger partial charge is 0.103 e. The molecule has 23 heavy (non-hydrogen) atoms. The van der Waals surface area contributed by atoms with Crippen LogP contribution in [0.3, 0.4) is 0 Å². The monoisotopic (exact) mass is 321 g/mol. The maximum Gasteiger partial charge on any atom is 0.103 e. The first-order chi connectivity index (χ1) is 11.0. The summed E-state index contributed by atoms with van der Waals surface area (Å²) in [6.45, 7) is 10.5. The topological polar surface area (TPSA) is 21.3 Å². The lowest BCUT2D eigenvalue weighted by Gasteiger charge is -2.36. The molecular weight excluding hydrogens is 282 g/mol. The minimum Gasteiger partial charge on any atom is -0.494 e. The normalized spacial score (nSPS) is 25.8. The van der Waals surface area contributed by atoms with E-state index in [1.165, 1.54) is 70.0 Å². The highest BCUT2D eigenvalue weighted by atomic mass is 16.5. The van der Waals surface area contributed by atoms with E-state index in [-0.39, 0.29) is 5.41 Å². The third-order valence-corrected chi connectivity index (χ3v) is 5.60. The summed E-state index contributed by atoms with van der Waals surface area (Å²) in [6, 6.07) is 0.671. The summed E-state index contributed by atoms with van der Waals surface area (Å²) in [4.78, 5) is 0. The Hall–Kier alpha value is -0.500. The fourth-order valence-electron chi connectivity index (χ4n) is 4.05. The van der Waals surface area contributed by atoms with Crippen molar-refractivity contribution in [3.05, 3.63) is 11.8 Å². The summed E-state index contributed by atoms with van der Waals surface area (Å²) in [6.07, 6.45) is 15.9. The Labute approximate surface area is 144 Å². The number of nitrogens with one attached hydrogen (secondary N) is 1. The van der Waals surface area contributed by atoms with E-state index in [4.69, 9.17) is 4.74 Å². The van der Waals surface area contributed by atoms with E-state index in [1.807, 2.05) is 0 Å². The minimum atomic E-state index is 0.225. The summed E-state index contributed by atoms with van der Waals surface area (Å²) in [5.41, 5.74) is 0.225. The van der Waals surface area contributed by atoms with Crippen molar-refractivity contribution in [1.29, 1.82) is 0 Å². The molecule has 2 heteroatoms. The zero-order chi connectivity index (χ0) is 16.7. The van der Waals surface area contributed by atoms with Gasteiger partial charge in [0.25, 0.3) is 0 Å². The van der Waals surface area contributed by atoms with Crippen molar-refractivity contribution in [2.24, 2.45) is 11.3 Å². The van der Waals surface area contributed by atoms with Crippen LogP contribution < -0.4 is 5.32 Å². The second-order valence-electron chi connectivity index (χ2n) is 8.67. The first-order valence-corrected chi connectivity index (χ1v) is 10.1. The van der Waals surface area contributed by atoms with Crippen LogP contribution >= 0.6 is 0 Å². The molecular formula is C21H39NO. The highest BCUT2D eigenvalue weighted by Gasteiger charge is 2.36. The predicted octanol–water partition coefficient (Wildman–Crippen LogP) is 5.82. The number of ether oxygens (including phenoxy) is 1. The molecule has 0 amide bonds. The molecule has 0 spiro atoms. The van der Waals surface area contributed by atoms with Gasteiger partial charge in [-0.25, -0.2) is 0 Å². The van der Waals surface area contributed by atoms with E-state index in [1.54, 1.807) is 0 Å². The van der Waals surface area contributed by atoms with Crippen LogP contribution in [0.25, 0.3) is 0 Å². The molecule has 2 nitrogen and oxygen atoms in total. The zero-order valence-electron chi connectivity index (χ0n) is 16.0. The molecule has 1 N–H and O–H groups in total. The Morgan fingerprint density at radius 3 is 2.61 bits per heavy atom. The molecule has 1 aliphatic heterocycles. The van der Waals surface area contributed by atoms with E-state index in [2.05, 4.69) is 39.1 Å². The summed E-state index contributed by atoms with van der Waals surface area (Å²) in [7, 11) is 0. The van der Waals surface area contributed by atoms with Gasteiger partial charge in [-0.3, -0.25) is 0 Å². The van der Waals surface area contributed by atoms with Crippen LogP contribution in [0, 0.1) is 11.3 Å². The first kappa shape index (κ1) is 18.8. The van der Waals surface area contributed by atoms with Crippen LogP contribution in [0.15, 0.2) is 11.8 Å². The number of hydrogen-bond acceptors (Lipinski definition) is 2. The Bertz CT molecular complexity index is 369. The van der Waals surface area contributed by atoms with Gasteiger partial charge in [0.05, 0.1) is 5.76 Å². The van der Waals surface area contributed by atoms with Gasteiger partial charge < -0.3 is 10.1 Å². The van der Waals surface area contributed by atoms with Crippen molar-refractivity contribution in [2.75, 3.05) is 6.54 Å². The average Bonchev–Trinajstić information content (AvgIpc) is 2.97. The second-order valence-corrected chi connectivity index (χ2v) is 8.67. The van der Waals surface area contributed by atoms with Gasteiger partial charge >= 0.3 is 0 Å². The van der Waals surface area contributed by atoms with Gasteiger partial charge in [-0.1, -0.05) is 59.8 Å². The van der Waals surface area contributed by atoms with Crippen LogP contribution in [0.2, 0.25) is 0 Å². The van der Waals surface area contributed by atoms with E-state index >= 15 is 0 Å². The molecule has 134 valence electrons. The summed E-state index contributed by atoms with van der Waals surface area (Å²) in [5.74, 6) is 1.94. The van der Waals surface area contributed by atoms with Crippen molar-refractivity contribution in [3.63, 3.8) is 0 Å². The number of hydrogen-bond donors (Lipinski definition) is 1. The zero-order valence-corrected chi connectivity index (χ0v) is 16.0. The maximum atomic E-state index is 6.62. The Kier molecular flexibility index (Phi) is 7.46. The predicted molar refractivity (Wildman–Crippen MR) is 99.5 cm³/mol. The third-order valence-electron chi connectivity index (χ3n) is 5.60. The molecule has 0 aromatic rings. The van der Waals surface area contributed by atoms with Gasteiger partial charge in [0.2, 0.25) is 0 Å². The van der Waals surface area contributed by atoms with Gasteiger partial charge in [0, 0.05) is 12.0 Å². The molecule has 0 saturated carbocycles. The minimum absolute atomic E-state index is 0.225. The van der Waals surface area contributed by atoms with E-state index < -0.39 is 0 Å². The highest BCUT2D eigenvalue weighted by Crippen LogP contribution is 2.37. The van der Waals surface area contributed by atoms with Crippen LogP contribution in [-0.2, 0) is 4.74 Å². The number of allylic oxidation sites excluding steroid dienone is 1. The first-order valence-electron chi connectivity index (χ1n) is 10.1. The fourth-order valence-corrected chi connectivity index (χ4v) is 4.05. The fraction of sp³-hybridized carbons (Fsp3) is 0.905. The highest BCUT2D eigenvalue weighted by molar-refractivity contribution is 5.11. The molecule has 0 radical (unpaired) electrons. The third kappa shape index (κ3) is 5.81. The van der Waals surface area contributed by atoms with E-state index in [9.17, 15) is 0 Å². The summed E-state index contributed by atoms with van der Waals surface area (Å²) in [5, 5.41) is 3.65. The summed E-state index contributed by atoms with van der Waals surface area (Å²) < 4.78 is 6.62. The number of fused-ring (bicyclic) bond motifs is 1. The molecule has 3 unspecified atom stereocenters. The van der Waals surface area contributed by atoms with Crippen molar-refractivity contribution in [3.8, 4) is 0 Å². The molecule has 3 atom stereocenters. The SMILES string of the molecule is CCCCCCCCC(OC1=CCCC2NCCC12)C(C)(C)C. The Morgan fingerprint density at radius 2 is 1.87 bits per heavy atom. The Morgan fingerprint density at radius 1 is 1.13 bits per heavy atom. The van der Waals surface area contributed by atoms with E-state index in [0.717, 1.165) is 6.54 Å². The maximum absolute atomic E-state index is 6.62. The number of rotatable bonds is 9. The van der Waals surface area contributed by atoms with Crippen molar-refractivity contribution in [1.82, 2.24) is 5.32 Å². The standard InChI is InChI=1S/C21H39NO/c1-5-6-7-8-9-10-14-20(21(2,3)4)23-19-13-11-12-18-17(19)15-16-22-18/h13,17-18,20,22H,5-12,14-16H2,1-4H3. The van der Waals surface area contributed by atoms with Crippen LogP contribution in [0.4, 0.5) is 0 Å². The second kappa shape index (κ2) is 9.11. The molecule has 0 aromatic carbocycles. The van der Waals surface area contributed by atoms with Gasteiger partial charge in [-0.2, -0.15) is 0 Å². The molecule has 2 rings (SSSR count). The largest absolute Gasteiger partial charge is 0.494 e. The van der Waals surface area contributed by atoms with E-state index in [0.29, 0.717) is 18.1 Å². The van der Waals surface area contributed by atoms with Gasteiger partial charge in [-0.15, -0.1) is 0 Å².